The lowest BCUT2D eigenvalue weighted by atomic mass is 9.54. The first-order valence-corrected chi connectivity index (χ1v) is 14.7. The Kier molecular flexibility index (Phi) is 8.76. The van der Waals surface area contributed by atoms with Gasteiger partial charge >= 0.3 is 23.9 Å². The predicted octanol–water partition coefficient (Wildman–Crippen LogP) is 4.98. The van der Waals surface area contributed by atoms with Gasteiger partial charge in [-0.3, -0.25) is 19.2 Å². The number of halogens is 1. The Labute approximate surface area is 244 Å². The molecule has 4 bridgehead atoms. The van der Waals surface area contributed by atoms with Gasteiger partial charge in [-0.1, -0.05) is 29.3 Å². The lowest BCUT2D eigenvalue weighted by Gasteiger charge is -2.51. The van der Waals surface area contributed by atoms with E-state index in [4.69, 9.17) is 35.3 Å². The van der Waals surface area contributed by atoms with Crippen molar-refractivity contribution in [1.29, 1.82) is 0 Å². The third kappa shape index (κ3) is 6.61. The Morgan fingerprint density at radius 1 is 0.805 bits per heavy atom. The molecule has 5 aliphatic rings. The summed E-state index contributed by atoms with van der Waals surface area (Å²) in [5.41, 5.74) is 2.92. The minimum atomic E-state index is -1.22. The van der Waals surface area contributed by atoms with Crippen LogP contribution in [0.4, 0.5) is 0 Å². The zero-order valence-electron chi connectivity index (χ0n) is 23.8. The summed E-state index contributed by atoms with van der Waals surface area (Å²) in [6.45, 7) is 4.61. The summed E-state index contributed by atoms with van der Waals surface area (Å²) >= 11 is 6.71. The molecule has 1 aromatic rings. The highest BCUT2D eigenvalue weighted by molar-refractivity contribution is 6.32. The largest absolute Gasteiger partial charge is 0.463 e. The van der Waals surface area contributed by atoms with Crippen LogP contribution >= 0.6 is 11.6 Å². The molecule has 10 heteroatoms. The van der Waals surface area contributed by atoms with E-state index in [2.05, 4.69) is 6.08 Å². The molecule has 0 amide bonds. The van der Waals surface area contributed by atoms with Gasteiger partial charge in [0.25, 0.3) is 0 Å². The number of allylic oxidation sites excluding steroid dienone is 1. The van der Waals surface area contributed by atoms with E-state index in [1.807, 2.05) is 6.07 Å². The first-order valence-electron chi connectivity index (χ1n) is 14.3. The fourth-order valence-electron chi connectivity index (χ4n) is 7.49. The first-order chi connectivity index (χ1) is 19.5. The molecule has 9 nitrogen and oxygen atoms in total. The SMILES string of the molecule is CC(=O)OC[C@H]1O[C@@H](c2ccc(Cl)c(C=C3C4CC5CC(C4)CC3C5)c2)[C@H](OC(C)=O)[C@@H](OC(C)=O)[C@@H]1OC(C)=O. The molecule has 0 unspecified atom stereocenters. The van der Waals surface area contributed by atoms with Gasteiger partial charge in [0, 0.05) is 32.7 Å². The van der Waals surface area contributed by atoms with Crippen LogP contribution < -0.4 is 0 Å². The molecule has 5 fully saturated rings. The number of hydrogen-bond donors (Lipinski definition) is 0. The highest BCUT2D eigenvalue weighted by atomic mass is 35.5. The number of carbonyl (C=O) groups is 4. The number of hydrogen-bond acceptors (Lipinski definition) is 9. The molecule has 1 heterocycles. The van der Waals surface area contributed by atoms with Gasteiger partial charge < -0.3 is 23.7 Å². The van der Waals surface area contributed by atoms with Crippen LogP contribution in [0.5, 0.6) is 0 Å². The minimum Gasteiger partial charge on any atom is -0.463 e. The molecule has 222 valence electrons. The third-order valence-corrected chi connectivity index (χ3v) is 9.09. The van der Waals surface area contributed by atoms with Crippen molar-refractivity contribution in [3.05, 3.63) is 39.9 Å². The lowest BCUT2D eigenvalue weighted by Crippen LogP contribution is -2.59. The van der Waals surface area contributed by atoms with Gasteiger partial charge in [0.15, 0.2) is 18.3 Å². The van der Waals surface area contributed by atoms with Crippen LogP contribution in [0, 0.1) is 23.7 Å². The average Bonchev–Trinajstić information content (AvgIpc) is 2.87. The summed E-state index contributed by atoms with van der Waals surface area (Å²) < 4.78 is 28.3. The Morgan fingerprint density at radius 3 is 1.93 bits per heavy atom. The van der Waals surface area contributed by atoms with Crippen molar-refractivity contribution < 1.29 is 42.9 Å². The molecule has 1 saturated heterocycles. The average molecular weight is 589 g/mol. The highest BCUT2D eigenvalue weighted by Crippen LogP contribution is 2.56. The summed E-state index contributed by atoms with van der Waals surface area (Å²) in [5.74, 6) is 0.287. The smallest absolute Gasteiger partial charge is 0.303 e. The lowest BCUT2D eigenvalue weighted by molar-refractivity contribution is -0.254. The van der Waals surface area contributed by atoms with E-state index in [0.717, 1.165) is 17.4 Å². The summed E-state index contributed by atoms with van der Waals surface area (Å²) in [7, 11) is 0. The maximum absolute atomic E-state index is 12.2. The van der Waals surface area contributed by atoms with Crippen molar-refractivity contribution in [2.75, 3.05) is 6.61 Å². The number of rotatable bonds is 7. The number of carbonyl (C=O) groups excluding carboxylic acids is 4. The van der Waals surface area contributed by atoms with Crippen LogP contribution in [-0.4, -0.2) is 54.9 Å². The van der Waals surface area contributed by atoms with E-state index in [1.54, 1.807) is 12.1 Å². The monoisotopic (exact) mass is 588 g/mol. The number of esters is 4. The Hall–Kier alpha value is -2.91. The number of benzene rings is 1. The maximum Gasteiger partial charge on any atom is 0.303 e. The van der Waals surface area contributed by atoms with Crippen LogP contribution in [0.3, 0.4) is 0 Å². The molecule has 0 N–H and O–H groups in total. The highest BCUT2D eigenvalue weighted by Gasteiger charge is 2.52. The van der Waals surface area contributed by atoms with Crippen molar-refractivity contribution in [3.8, 4) is 0 Å². The second-order valence-corrected chi connectivity index (χ2v) is 12.3. The molecular formula is C31H37ClO9. The van der Waals surface area contributed by atoms with E-state index in [0.29, 0.717) is 22.4 Å². The molecule has 0 spiro atoms. The molecule has 0 radical (unpaired) electrons. The molecule has 0 aromatic heterocycles. The molecule has 4 aliphatic carbocycles. The molecular weight excluding hydrogens is 552 g/mol. The van der Waals surface area contributed by atoms with Gasteiger partial charge in [-0.25, -0.2) is 0 Å². The quantitative estimate of drug-likeness (QED) is 0.321. The normalized spacial score (nSPS) is 33.6. The van der Waals surface area contributed by atoms with E-state index in [1.165, 1.54) is 65.4 Å². The first kappa shape index (κ1) is 29.6. The van der Waals surface area contributed by atoms with E-state index in [-0.39, 0.29) is 6.61 Å². The summed E-state index contributed by atoms with van der Waals surface area (Å²) in [5, 5.41) is 0.584. The molecule has 5 atom stereocenters. The Balaban J connectivity index is 1.53. The van der Waals surface area contributed by atoms with Crippen LogP contribution in [-0.2, 0) is 42.9 Å². The van der Waals surface area contributed by atoms with Gasteiger partial charge in [-0.05, 0) is 79.0 Å². The van der Waals surface area contributed by atoms with Gasteiger partial charge in [0.05, 0.1) is 0 Å². The second-order valence-electron chi connectivity index (χ2n) is 11.8. The topological polar surface area (TPSA) is 114 Å². The molecule has 1 aromatic carbocycles. The summed E-state index contributed by atoms with van der Waals surface area (Å²) in [6.07, 6.45) is 2.98. The van der Waals surface area contributed by atoms with Crippen LogP contribution in [0.15, 0.2) is 23.8 Å². The summed E-state index contributed by atoms with van der Waals surface area (Å²) in [6, 6.07) is 5.44. The fraction of sp³-hybridized carbons (Fsp3) is 0.613. The van der Waals surface area contributed by atoms with E-state index < -0.39 is 54.4 Å². The zero-order valence-corrected chi connectivity index (χ0v) is 24.6. The second kappa shape index (κ2) is 12.1. The zero-order chi connectivity index (χ0) is 29.4. The van der Waals surface area contributed by atoms with Crippen molar-refractivity contribution >= 4 is 41.6 Å². The van der Waals surface area contributed by atoms with Crippen molar-refractivity contribution in [2.45, 2.75) is 90.3 Å². The molecule has 41 heavy (non-hydrogen) atoms. The van der Waals surface area contributed by atoms with Crippen LogP contribution in [0.2, 0.25) is 5.02 Å². The fourth-order valence-corrected chi connectivity index (χ4v) is 7.66. The predicted molar refractivity (Wildman–Crippen MR) is 147 cm³/mol. The van der Waals surface area contributed by atoms with E-state index >= 15 is 0 Å². The van der Waals surface area contributed by atoms with Crippen molar-refractivity contribution in [1.82, 2.24) is 0 Å². The number of ether oxygens (including phenoxy) is 5. The Bertz CT molecular complexity index is 1210. The maximum atomic E-state index is 12.2. The van der Waals surface area contributed by atoms with Gasteiger partial charge in [-0.15, -0.1) is 0 Å². The van der Waals surface area contributed by atoms with Crippen molar-refractivity contribution in [2.24, 2.45) is 23.7 Å². The van der Waals surface area contributed by atoms with Gasteiger partial charge in [0.1, 0.15) is 18.8 Å². The summed E-state index contributed by atoms with van der Waals surface area (Å²) in [4.78, 5) is 48.1. The standard InChI is InChI=1S/C31H37ClO9/c1-15(33)37-14-27-29(38-16(2)34)31(40-18(4)36)30(39-17(3)35)28(41-27)21-5-6-26(32)24(12-21)13-25-22-8-19-7-20(10-22)11-23(25)9-19/h5-6,12-13,19-20,22-23,27-31H,7-11,14H2,1-4H3/t19?,20?,22?,23?,27-,28+,29-,30+,31+/m1/s1. The van der Waals surface area contributed by atoms with E-state index in [9.17, 15) is 19.2 Å². The van der Waals surface area contributed by atoms with Crippen LogP contribution in [0.1, 0.15) is 77.0 Å². The minimum absolute atomic E-state index is 0.273. The van der Waals surface area contributed by atoms with Crippen LogP contribution in [0.25, 0.3) is 6.08 Å². The van der Waals surface area contributed by atoms with Gasteiger partial charge in [-0.2, -0.15) is 0 Å². The van der Waals surface area contributed by atoms with Gasteiger partial charge in [0.2, 0.25) is 0 Å². The Morgan fingerprint density at radius 2 is 1.37 bits per heavy atom. The van der Waals surface area contributed by atoms with Crippen molar-refractivity contribution in [3.63, 3.8) is 0 Å². The molecule has 1 aliphatic heterocycles. The molecule has 6 rings (SSSR count). The molecule has 4 saturated carbocycles. The third-order valence-electron chi connectivity index (χ3n) is 8.74.